The van der Waals surface area contributed by atoms with Crippen molar-refractivity contribution in [1.82, 2.24) is 0 Å². The van der Waals surface area contributed by atoms with E-state index in [1.165, 1.54) is 18.1 Å². The number of ketones is 1. The lowest BCUT2D eigenvalue weighted by Crippen LogP contribution is -2.66. The van der Waals surface area contributed by atoms with Crippen molar-refractivity contribution < 1.29 is 19.1 Å². The van der Waals surface area contributed by atoms with Crippen LogP contribution in [0.4, 0.5) is 5.69 Å². The van der Waals surface area contributed by atoms with Crippen LogP contribution in [0.25, 0.3) is 0 Å². The molecule has 4 fully saturated rings. The van der Waals surface area contributed by atoms with Crippen LogP contribution in [-0.2, 0) is 19.1 Å². The van der Waals surface area contributed by atoms with Gasteiger partial charge in [0.25, 0.3) is 0 Å². The lowest BCUT2D eigenvalue weighted by molar-refractivity contribution is -0.210. The number of ether oxygens (including phenoxy) is 1. The van der Waals surface area contributed by atoms with E-state index in [-0.39, 0.29) is 56.9 Å². The van der Waals surface area contributed by atoms with Crippen LogP contribution < -0.4 is 5.32 Å². The van der Waals surface area contributed by atoms with Gasteiger partial charge in [0.05, 0.1) is 0 Å². The van der Waals surface area contributed by atoms with Gasteiger partial charge >= 0.3 is 5.97 Å². The number of hydrogen-bond donors (Lipinski definition) is 1. The fourth-order valence-corrected chi connectivity index (χ4v) is 11.7. The average Bonchev–Trinajstić information content (AvgIpc) is 2.93. The summed E-state index contributed by atoms with van der Waals surface area (Å²) in [5, 5.41) is 3.23. The number of aryl methyl sites for hydroxylation is 1. The van der Waals surface area contributed by atoms with Crippen LogP contribution in [0.2, 0.25) is 0 Å². The van der Waals surface area contributed by atoms with Crippen LogP contribution in [0, 0.1) is 57.2 Å². The first-order valence-corrected chi connectivity index (χ1v) is 17.2. The molecular formula is C39H55NO4. The summed E-state index contributed by atoms with van der Waals surface area (Å²) in [7, 11) is 0. The number of amides is 1. The molecule has 0 bridgehead atoms. The van der Waals surface area contributed by atoms with E-state index in [1.54, 1.807) is 0 Å². The molecule has 4 saturated carbocycles. The Morgan fingerprint density at radius 3 is 2.18 bits per heavy atom. The highest BCUT2D eigenvalue weighted by Crippen LogP contribution is 2.75. The summed E-state index contributed by atoms with van der Waals surface area (Å²) in [6.07, 6.45) is 10.6. The Balaban J connectivity index is 1.34. The van der Waals surface area contributed by atoms with Crippen molar-refractivity contribution in [3.8, 4) is 0 Å². The number of anilines is 1. The quantitative estimate of drug-likeness (QED) is 0.351. The number of allylic oxidation sites excluding steroid dienone is 2. The molecule has 1 amide bonds. The molecule has 5 nitrogen and oxygen atoms in total. The number of rotatable bonds is 3. The summed E-state index contributed by atoms with van der Waals surface area (Å²) in [5.41, 5.74) is 2.39. The molecule has 1 aromatic rings. The lowest BCUT2D eigenvalue weighted by Gasteiger charge is -2.70. The molecule has 0 heterocycles. The maximum Gasteiger partial charge on any atom is 0.302 e. The fourth-order valence-electron chi connectivity index (χ4n) is 11.7. The predicted molar refractivity (Wildman–Crippen MR) is 175 cm³/mol. The first-order chi connectivity index (χ1) is 20.4. The topological polar surface area (TPSA) is 72.5 Å². The number of carbonyl (C=O) groups excluding carboxylic acids is 3. The van der Waals surface area contributed by atoms with Crippen LogP contribution in [0.5, 0.6) is 0 Å². The second-order valence-electron chi connectivity index (χ2n) is 17.5. The fraction of sp³-hybridized carbons (Fsp3) is 0.718. The average molecular weight is 602 g/mol. The highest BCUT2D eigenvalue weighted by Gasteiger charge is 2.70. The maximum atomic E-state index is 14.7. The molecule has 0 unspecified atom stereocenters. The largest absolute Gasteiger partial charge is 0.462 e. The van der Waals surface area contributed by atoms with Gasteiger partial charge in [-0.3, -0.25) is 14.4 Å². The Kier molecular flexibility index (Phi) is 7.19. The standard InChI is InChI=1S/C39H55NO4/c1-24-10-12-26(13-11-24)40-33(43)36(6)19-18-35(5)20-21-38(8)27(28(35)23-36)22-29(42)32-37(7)16-15-31(44-25(2)41)34(3,4)30(37)14-17-39(32,38)9/h10-13,22,28,30-32H,14-21,23H2,1-9H3,(H,40,43)/t28-,30-,31-,32-,35+,36-,37-,38+,39-/m0/s1. The molecule has 0 radical (unpaired) electrons. The van der Waals surface area contributed by atoms with Gasteiger partial charge in [-0.15, -0.1) is 0 Å². The zero-order valence-electron chi connectivity index (χ0n) is 28.7. The molecule has 0 saturated heterocycles. The number of esters is 1. The highest BCUT2D eigenvalue weighted by molar-refractivity contribution is 5.96. The van der Waals surface area contributed by atoms with Gasteiger partial charge in [-0.1, -0.05) is 71.7 Å². The highest BCUT2D eigenvalue weighted by atomic mass is 16.5. The zero-order chi connectivity index (χ0) is 32.1. The van der Waals surface area contributed by atoms with Gasteiger partial charge in [-0.25, -0.2) is 0 Å². The summed E-state index contributed by atoms with van der Waals surface area (Å²) in [6, 6.07) is 8.05. The second-order valence-corrected chi connectivity index (χ2v) is 17.5. The van der Waals surface area contributed by atoms with Crippen LogP contribution in [-0.4, -0.2) is 23.8 Å². The van der Waals surface area contributed by atoms with E-state index in [0.29, 0.717) is 11.7 Å². The molecule has 5 aliphatic rings. The van der Waals surface area contributed by atoms with Crippen LogP contribution >= 0.6 is 0 Å². The molecule has 0 aromatic heterocycles. The van der Waals surface area contributed by atoms with Crippen molar-refractivity contribution in [3.05, 3.63) is 41.5 Å². The Bertz CT molecular complexity index is 1410. The van der Waals surface area contributed by atoms with Gasteiger partial charge in [0.15, 0.2) is 5.78 Å². The molecule has 9 atom stereocenters. The van der Waals surface area contributed by atoms with E-state index in [1.807, 2.05) is 24.3 Å². The van der Waals surface area contributed by atoms with E-state index in [4.69, 9.17) is 4.74 Å². The predicted octanol–water partition coefficient (Wildman–Crippen LogP) is 8.85. The first-order valence-electron chi connectivity index (χ1n) is 17.2. The summed E-state index contributed by atoms with van der Waals surface area (Å²) in [5.74, 6) is 0.664. The molecule has 0 aliphatic heterocycles. The number of fused-ring (bicyclic) bond motifs is 7. The molecule has 6 rings (SSSR count). The van der Waals surface area contributed by atoms with Crippen molar-refractivity contribution in [2.24, 2.45) is 50.2 Å². The lowest BCUT2D eigenvalue weighted by atomic mass is 9.33. The normalized spacial score (nSPS) is 44.2. The van der Waals surface area contributed by atoms with Crippen molar-refractivity contribution in [2.75, 3.05) is 5.32 Å². The minimum atomic E-state index is -0.488. The third kappa shape index (κ3) is 4.41. The van der Waals surface area contributed by atoms with E-state index >= 15 is 0 Å². The Hall–Kier alpha value is -2.43. The Labute approximate surface area is 265 Å². The van der Waals surface area contributed by atoms with Gasteiger partial charge in [0, 0.05) is 29.4 Å². The van der Waals surface area contributed by atoms with E-state index in [0.717, 1.165) is 63.5 Å². The van der Waals surface area contributed by atoms with Crippen LogP contribution in [0.3, 0.4) is 0 Å². The van der Waals surface area contributed by atoms with Crippen molar-refractivity contribution in [3.63, 3.8) is 0 Å². The molecule has 0 spiro atoms. The van der Waals surface area contributed by atoms with E-state index < -0.39 is 5.41 Å². The summed E-state index contributed by atoms with van der Waals surface area (Å²) in [4.78, 5) is 40.5. The van der Waals surface area contributed by atoms with E-state index in [9.17, 15) is 14.4 Å². The van der Waals surface area contributed by atoms with Gasteiger partial charge < -0.3 is 10.1 Å². The van der Waals surface area contributed by atoms with E-state index in [2.05, 4.69) is 66.8 Å². The minimum absolute atomic E-state index is 0.0516. The number of benzene rings is 1. The van der Waals surface area contributed by atoms with Gasteiger partial charge in [-0.2, -0.15) is 0 Å². The van der Waals surface area contributed by atoms with Gasteiger partial charge in [-0.05, 0) is 116 Å². The Morgan fingerprint density at radius 2 is 1.52 bits per heavy atom. The molecule has 1 aromatic carbocycles. The van der Waals surface area contributed by atoms with Crippen molar-refractivity contribution in [1.29, 1.82) is 0 Å². The Morgan fingerprint density at radius 1 is 0.864 bits per heavy atom. The number of nitrogens with one attached hydrogen (secondary N) is 1. The molecule has 44 heavy (non-hydrogen) atoms. The molecule has 1 N–H and O–H groups in total. The summed E-state index contributed by atoms with van der Waals surface area (Å²) in [6.45, 7) is 19.9. The summed E-state index contributed by atoms with van der Waals surface area (Å²) >= 11 is 0. The first kappa shape index (κ1) is 31.5. The van der Waals surface area contributed by atoms with Crippen molar-refractivity contribution >= 4 is 23.3 Å². The second kappa shape index (κ2) is 10.0. The van der Waals surface area contributed by atoms with Gasteiger partial charge in [0.2, 0.25) is 5.91 Å². The minimum Gasteiger partial charge on any atom is -0.462 e. The van der Waals surface area contributed by atoms with Gasteiger partial charge in [0.1, 0.15) is 6.10 Å². The smallest absolute Gasteiger partial charge is 0.302 e. The molecular weight excluding hydrogens is 546 g/mol. The monoisotopic (exact) mass is 601 g/mol. The third-order valence-electron chi connectivity index (χ3n) is 14.7. The maximum absolute atomic E-state index is 14.7. The molecule has 5 heteroatoms. The SMILES string of the molecule is CC(=O)O[C@H]1CC[C@@]2(C)[C@@H](CC[C@@]3(C)[C@H]2C(=O)C=C2[C@@H]4C[C@@](C)(C(=O)Nc5ccc(C)cc5)CC[C@]4(C)CC[C@]23C)C1(C)C. The zero-order valence-corrected chi connectivity index (χ0v) is 28.7. The van der Waals surface area contributed by atoms with Crippen LogP contribution in [0.1, 0.15) is 119 Å². The molecule has 240 valence electrons. The third-order valence-corrected chi connectivity index (χ3v) is 14.7. The number of carbonyl (C=O) groups is 3. The van der Waals surface area contributed by atoms with Crippen LogP contribution in [0.15, 0.2) is 35.9 Å². The summed E-state index contributed by atoms with van der Waals surface area (Å²) < 4.78 is 5.88. The number of hydrogen-bond acceptors (Lipinski definition) is 4. The molecule has 5 aliphatic carbocycles. The van der Waals surface area contributed by atoms with Crippen molar-refractivity contribution in [2.45, 2.75) is 126 Å².